The summed E-state index contributed by atoms with van der Waals surface area (Å²) in [6, 6.07) is -0.489. The van der Waals surface area contributed by atoms with Crippen molar-refractivity contribution in [2.75, 3.05) is 38.9 Å². The molecule has 1 aliphatic rings. The summed E-state index contributed by atoms with van der Waals surface area (Å²) in [6.45, 7) is 3.26. The maximum Gasteiger partial charge on any atom is 0.330 e. The molecule has 1 aromatic heterocycles. The van der Waals surface area contributed by atoms with Crippen LogP contribution in [0.2, 0.25) is 0 Å². The standard InChI is InChI=1S/C12H17N3O4/c1-8-10(13-7-14-11(8)17-2)15-4-5-19-6-9(15)12(16)18-3/h7,9H,4-6H2,1-3H3. The van der Waals surface area contributed by atoms with Gasteiger partial charge < -0.3 is 19.1 Å². The lowest BCUT2D eigenvalue weighted by Crippen LogP contribution is -2.51. The highest BCUT2D eigenvalue weighted by Crippen LogP contribution is 2.26. The number of aromatic nitrogens is 2. The highest BCUT2D eigenvalue weighted by molar-refractivity contribution is 5.80. The highest BCUT2D eigenvalue weighted by atomic mass is 16.5. The van der Waals surface area contributed by atoms with Crippen molar-refractivity contribution in [1.82, 2.24) is 9.97 Å². The Morgan fingerprint density at radius 1 is 1.47 bits per heavy atom. The van der Waals surface area contributed by atoms with E-state index >= 15 is 0 Å². The van der Waals surface area contributed by atoms with Crippen LogP contribution in [0.25, 0.3) is 0 Å². The molecule has 0 amide bonds. The Kier molecular flexibility index (Phi) is 4.16. The van der Waals surface area contributed by atoms with Gasteiger partial charge in [-0.1, -0.05) is 0 Å². The molecule has 7 nitrogen and oxygen atoms in total. The number of ether oxygens (including phenoxy) is 3. The molecule has 19 heavy (non-hydrogen) atoms. The van der Waals surface area contributed by atoms with Crippen LogP contribution in [0.1, 0.15) is 5.56 Å². The fourth-order valence-corrected chi connectivity index (χ4v) is 2.11. The molecule has 1 fully saturated rings. The molecule has 104 valence electrons. The molecule has 0 radical (unpaired) electrons. The second-order valence-corrected chi connectivity index (χ2v) is 4.14. The van der Waals surface area contributed by atoms with E-state index in [4.69, 9.17) is 14.2 Å². The largest absolute Gasteiger partial charge is 0.481 e. The van der Waals surface area contributed by atoms with Gasteiger partial charge in [0.15, 0.2) is 6.04 Å². The number of hydrogen-bond acceptors (Lipinski definition) is 7. The van der Waals surface area contributed by atoms with Crippen molar-refractivity contribution in [3.8, 4) is 5.88 Å². The zero-order chi connectivity index (χ0) is 13.8. The molecule has 0 aromatic carbocycles. The fraction of sp³-hybridized carbons (Fsp3) is 0.583. The van der Waals surface area contributed by atoms with Crippen molar-refractivity contribution in [1.29, 1.82) is 0 Å². The van der Waals surface area contributed by atoms with E-state index in [1.165, 1.54) is 13.4 Å². The first-order valence-electron chi connectivity index (χ1n) is 5.96. The molecule has 2 rings (SSSR count). The lowest BCUT2D eigenvalue weighted by molar-refractivity contribution is -0.144. The molecule has 0 N–H and O–H groups in total. The number of rotatable bonds is 3. The summed E-state index contributed by atoms with van der Waals surface area (Å²) in [6.07, 6.45) is 1.42. The minimum absolute atomic E-state index is 0.290. The van der Waals surface area contributed by atoms with Gasteiger partial charge in [0.2, 0.25) is 5.88 Å². The van der Waals surface area contributed by atoms with Gasteiger partial charge in [0.25, 0.3) is 0 Å². The van der Waals surface area contributed by atoms with Crippen molar-refractivity contribution >= 4 is 11.8 Å². The molecule has 0 spiro atoms. The van der Waals surface area contributed by atoms with Gasteiger partial charge in [0.1, 0.15) is 12.1 Å². The lowest BCUT2D eigenvalue weighted by atomic mass is 10.2. The van der Waals surface area contributed by atoms with Crippen LogP contribution in [0.4, 0.5) is 5.82 Å². The van der Waals surface area contributed by atoms with Crippen LogP contribution >= 0.6 is 0 Å². The van der Waals surface area contributed by atoms with Crippen molar-refractivity contribution in [3.05, 3.63) is 11.9 Å². The molecule has 1 aromatic rings. The molecule has 7 heteroatoms. The number of carbonyl (C=O) groups is 1. The molecule has 1 aliphatic heterocycles. The SMILES string of the molecule is COC(=O)C1COCCN1c1ncnc(OC)c1C. The van der Waals surface area contributed by atoms with E-state index in [-0.39, 0.29) is 5.97 Å². The molecule has 0 aliphatic carbocycles. The van der Waals surface area contributed by atoms with Gasteiger partial charge in [-0.2, -0.15) is 0 Å². The van der Waals surface area contributed by atoms with E-state index in [2.05, 4.69) is 9.97 Å². The van der Waals surface area contributed by atoms with E-state index in [9.17, 15) is 4.79 Å². The third-order valence-electron chi connectivity index (χ3n) is 3.08. The zero-order valence-corrected chi connectivity index (χ0v) is 11.3. The zero-order valence-electron chi connectivity index (χ0n) is 11.3. The predicted octanol–water partition coefficient (Wildman–Crippen LogP) is 0.172. The Morgan fingerprint density at radius 3 is 2.95 bits per heavy atom. The van der Waals surface area contributed by atoms with Gasteiger partial charge in [-0.25, -0.2) is 14.8 Å². The van der Waals surface area contributed by atoms with Gasteiger partial charge in [-0.15, -0.1) is 0 Å². The number of nitrogens with zero attached hydrogens (tertiary/aromatic N) is 3. The second kappa shape index (κ2) is 5.83. The third kappa shape index (κ3) is 2.60. The third-order valence-corrected chi connectivity index (χ3v) is 3.08. The minimum atomic E-state index is -0.489. The van der Waals surface area contributed by atoms with Crippen LogP contribution in [0.15, 0.2) is 6.33 Å². The number of methoxy groups -OCH3 is 2. The number of esters is 1. The van der Waals surface area contributed by atoms with Crippen molar-refractivity contribution in [3.63, 3.8) is 0 Å². The smallest absolute Gasteiger partial charge is 0.330 e. The molecule has 1 saturated heterocycles. The molecule has 2 heterocycles. The maximum absolute atomic E-state index is 11.8. The van der Waals surface area contributed by atoms with Gasteiger partial charge >= 0.3 is 5.97 Å². The van der Waals surface area contributed by atoms with Crippen LogP contribution in [0, 0.1) is 6.92 Å². The Bertz CT molecular complexity index is 466. The van der Waals surface area contributed by atoms with Crippen LogP contribution in [0.5, 0.6) is 5.88 Å². The molecule has 1 unspecified atom stereocenters. The molecule has 0 bridgehead atoms. The first-order chi connectivity index (χ1) is 9.19. The number of morpholine rings is 1. The van der Waals surface area contributed by atoms with Crippen molar-refractivity contribution < 1.29 is 19.0 Å². The fourth-order valence-electron chi connectivity index (χ4n) is 2.11. The van der Waals surface area contributed by atoms with Crippen LogP contribution in [-0.2, 0) is 14.3 Å². The summed E-state index contributed by atoms with van der Waals surface area (Å²) < 4.78 is 15.3. The average Bonchev–Trinajstić information content (AvgIpc) is 2.47. The van der Waals surface area contributed by atoms with E-state index in [0.29, 0.717) is 31.5 Å². The van der Waals surface area contributed by atoms with E-state index in [1.807, 2.05) is 11.8 Å². The predicted molar refractivity (Wildman–Crippen MR) is 67.3 cm³/mol. The Balaban J connectivity index is 2.35. The topological polar surface area (TPSA) is 73.8 Å². The Hall–Kier alpha value is -1.89. The van der Waals surface area contributed by atoms with Gasteiger partial charge in [0, 0.05) is 6.54 Å². The summed E-state index contributed by atoms with van der Waals surface area (Å²) in [4.78, 5) is 22.0. The van der Waals surface area contributed by atoms with Gasteiger partial charge in [-0.05, 0) is 6.92 Å². The first kappa shape index (κ1) is 13.5. The van der Waals surface area contributed by atoms with Gasteiger partial charge in [0.05, 0.1) is 33.0 Å². The number of carbonyl (C=O) groups excluding carboxylic acids is 1. The van der Waals surface area contributed by atoms with Crippen LogP contribution in [-0.4, -0.2) is 56.0 Å². The number of anilines is 1. The maximum atomic E-state index is 11.8. The average molecular weight is 267 g/mol. The normalized spacial score (nSPS) is 19.1. The van der Waals surface area contributed by atoms with Gasteiger partial charge in [-0.3, -0.25) is 0 Å². The minimum Gasteiger partial charge on any atom is -0.481 e. The molecule has 1 atom stereocenters. The van der Waals surface area contributed by atoms with E-state index < -0.39 is 6.04 Å². The summed E-state index contributed by atoms with van der Waals surface area (Å²) in [7, 11) is 2.92. The summed E-state index contributed by atoms with van der Waals surface area (Å²) in [5.41, 5.74) is 0.792. The quantitative estimate of drug-likeness (QED) is 0.723. The Labute approximate surface area is 111 Å². The lowest BCUT2D eigenvalue weighted by Gasteiger charge is -2.35. The summed E-state index contributed by atoms with van der Waals surface area (Å²) in [5, 5.41) is 0. The monoisotopic (exact) mass is 267 g/mol. The molecule has 0 saturated carbocycles. The molecular formula is C12H17N3O4. The van der Waals surface area contributed by atoms with E-state index in [1.54, 1.807) is 7.11 Å². The second-order valence-electron chi connectivity index (χ2n) is 4.14. The van der Waals surface area contributed by atoms with Crippen molar-refractivity contribution in [2.24, 2.45) is 0 Å². The van der Waals surface area contributed by atoms with Crippen molar-refractivity contribution in [2.45, 2.75) is 13.0 Å². The first-order valence-corrected chi connectivity index (χ1v) is 5.96. The summed E-state index contributed by atoms with van der Waals surface area (Å²) >= 11 is 0. The Morgan fingerprint density at radius 2 is 2.26 bits per heavy atom. The van der Waals surface area contributed by atoms with Crippen LogP contribution in [0.3, 0.4) is 0 Å². The van der Waals surface area contributed by atoms with E-state index in [0.717, 1.165) is 5.56 Å². The van der Waals surface area contributed by atoms with Crippen LogP contribution < -0.4 is 9.64 Å². The molecular weight excluding hydrogens is 250 g/mol. The number of hydrogen-bond donors (Lipinski definition) is 0. The summed E-state index contributed by atoms with van der Waals surface area (Å²) in [5.74, 6) is 0.835. The highest BCUT2D eigenvalue weighted by Gasteiger charge is 2.32.